The Morgan fingerprint density at radius 2 is 1.88 bits per heavy atom. The van der Waals surface area contributed by atoms with Crippen molar-refractivity contribution in [3.8, 4) is 28.4 Å². The predicted octanol–water partition coefficient (Wildman–Crippen LogP) is 5.30. The van der Waals surface area contributed by atoms with Crippen molar-refractivity contribution in [2.75, 3.05) is 19.7 Å². The van der Waals surface area contributed by atoms with Crippen LogP contribution in [0.2, 0.25) is 0 Å². The summed E-state index contributed by atoms with van der Waals surface area (Å²) in [4.78, 5) is 21.2. The molecule has 1 saturated heterocycles. The van der Waals surface area contributed by atoms with Crippen LogP contribution in [0.5, 0.6) is 5.75 Å². The van der Waals surface area contributed by atoms with Crippen molar-refractivity contribution in [3.05, 3.63) is 77.8 Å². The van der Waals surface area contributed by atoms with Gasteiger partial charge in [0, 0.05) is 24.7 Å². The first kappa shape index (κ1) is 28.2. The average Bonchev–Trinajstić information content (AvgIpc) is 3.64. The molecule has 0 radical (unpaired) electrons. The first-order valence-electron chi connectivity index (χ1n) is 13.4. The minimum absolute atomic E-state index is 0.00672. The number of ether oxygens (including phenoxy) is 1. The molecular formula is C29H24F5N6O3+. The minimum atomic E-state index is -4.73. The van der Waals surface area contributed by atoms with Gasteiger partial charge < -0.3 is 19.1 Å². The van der Waals surface area contributed by atoms with Gasteiger partial charge in [0.05, 0.1) is 11.1 Å². The second-order valence-electron chi connectivity index (χ2n) is 10.1. The van der Waals surface area contributed by atoms with E-state index in [1.165, 1.54) is 41.2 Å². The highest BCUT2D eigenvalue weighted by Crippen LogP contribution is 2.39. The number of aromatic amines is 1. The molecule has 1 aliphatic heterocycles. The Morgan fingerprint density at radius 3 is 2.67 bits per heavy atom. The second kappa shape index (κ2) is 11.4. The van der Waals surface area contributed by atoms with Crippen molar-refractivity contribution in [2.45, 2.75) is 32.0 Å². The lowest BCUT2D eigenvalue weighted by Gasteiger charge is -2.26. The van der Waals surface area contributed by atoms with Crippen molar-refractivity contribution < 1.29 is 40.7 Å². The molecule has 4 heterocycles. The van der Waals surface area contributed by atoms with Gasteiger partial charge in [-0.15, -0.1) is 0 Å². The van der Waals surface area contributed by atoms with Crippen molar-refractivity contribution in [3.63, 3.8) is 0 Å². The van der Waals surface area contributed by atoms with Gasteiger partial charge in [0.1, 0.15) is 34.5 Å². The maximum Gasteiger partial charge on any atom is 0.417 e. The second-order valence-corrected chi connectivity index (χ2v) is 10.1. The lowest BCUT2D eigenvalue weighted by molar-refractivity contribution is -0.746. The molecule has 1 aliphatic rings. The number of likely N-dealkylation sites (tertiary alicyclic amines) is 1. The summed E-state index contributed by atoms with van der Waals surface area (Å²) < 4.78 is 82.1. The largest absolute Gasteiger partial charge is 0.484 e. The van der Waals surface area contributed by atoms with Gasteiger partial charge >= 0.3 is 6.18 Å². The summed E-state index contributed by atoms with van der Waals surface area (Å²) in [5.74, 6) is -2.09. The van der Waals surface area contributed by atoms with Crippen molar-refractivity contribution in [2.24, 2.45) is 0 Å². The number of nitrogens with zero attached hydrogens (tertiary/aromatic N) is 5. The fourth-order valence-corrected chi connectivity index (χ4v) is 4.93. The third-order valence-corrected chi connectivity index (χ3v) is 7.09. The number of aromatic nitrogens is 5. The quantitative estimate of drug-likeness (QED) is 0.201. The first-order chi connectivity index (χ1) is 20.7. The number of piperidine rings is 1. The number of hydrogen-bond donors (Lipinski definition) is 1. The monoisotopic (exact) mass is 599 g/mol. The maximum atomic E-state index is 14.2. The van der Waals surface area contributed by atoms with Gasteiger partial charge in [-0.2, -0.15) is 13.2 Å². The Balaban J connectivity index is 1.19. The SMILES string of the molecule is O=C(COc1ccc(-c2cc(C[n+]3cc4[nH]c(-c5cccc(F)c5F)nc4cn3)on2)c(C(F)(F)F)c1)N1CCCCC1. The normalized spacial score (nSPS) is 13.9. The molecule has 0 bridgehead atoms. The van der Waals surface area contributed by atoms with Crippen LogP contribution in [-0.4, -0.2) is 50.7 Å². The summed E-state index contributed by atoms with van der Waals surface area (Å²) >= 11 is 0. The molecule has 0 aliphatic carbocycles. The smallest absolute Gasteiger partial charge is 0.417 e. The summed E-state index contributed by atoms with van der Waals surface area (Å²) in [5.41, 5.74) is -0.457. The fraction of sp³-hybridized carbons (Fsp3) is 0.276. The van der Waals surface area contributed by atoms with E-state index >= 15 is 0 Å². The molecular weight excluding hydrogens is 575 g/mol. The topological polar surface area (TPSA) is 101 Å². The number of nitrogens with one attached hydrogen (secondary N) is 1. The van der Waals surface area contributed by atoms with Crippen LogP contribution in [0.25, 0.3) is 33.7 Å². The van der Waals surface area contributed by atoms with E-state index in [9.17, 15) is 26.7 Å². The van der Waals surface area contributed by atoms with E-state index in [-0.39, 0.29) is 53.2 Å². The summed E-state index contributed by atoms with van der Waals surface area (Å²) in [6, 6.07) is 8.53. The molecule has 1 amide bonds. The molecule has 6 rings (SSSR count). The van der Waals surface area contributed by atoms with E-state index in [4.69, 9.17) is 9.26 Å². The summed E-state index contributed by atoms with van der Waals surface area (Å²) in [6.45, 7) is 0.882. The number of alkyl halides is 3. The Bertz CT molecular complexity index is 1800. The molecule has 14 heteroatoms. The molecule has 5 aromatic rings. The third kappa shape index (κ3) is 6.03. The van der Waals surface area contributed by atoms with Crippen LogP contribution in [0, 0.1) is 11.6 Å². The summed E-state index contributed by atoms with van der Waals surface area (Å²) in [5, 5.41) is 8.05. The zero-order valence-corrected chi connectivity index (χ0v) is 22.5. The number of imidazole rings is 1. The molecule has 3 aromatic heterocycles. The van der Waals surface area contributed by atoms with Crippen molar-refractivity contribution >= 4 is 16.9 Å². The van der Waals surface area contributed by atoms with Crippen LogP contribution in [0.4, 0.5) is 22.0 Å². The molecule has 2 aromatic carbocycles. The van der Waals surface area contributed by atoms with Gasteiger partial charge in [-0.25, -0.2) is 13.8 Å². The molecule has 0 spiro atoms. The highest BCUT2D eigenvalue weighted by molar-refractivity contribution is 5.78. The van der Waals surface area contributed by atoms with Crippen LogP contribution < -0.4 is 9.42 Å². The Morgan fingerprint density at radius 1 is 1.07 bits per heavy atom. The van der Waals surface area contributed by atoms with Gasteiger partial charge in [0.25, 0.3) is 5.91 Å². The average molecular weight is 600 g/mol. The number of amides is 1. The van der Waals surface area contributed by atoms with Crippen LogP contribution in [0.3, 0.4) is 0 Å². The molecule has 1 N–H and O–H groups in total. The molecule has 1 fully saturated rings. The lowest BCUT2D eigenvalue weighted by Crippen LogP contribution is -2.38. The molecule has 9 nitrogen and oxygen atoms in total. The molecule has 0 atom stereocenters. The van der Waals surface area contributed by atoms with Gasteiger partial charge in [-0.05, 0) is 54.7 Å². The lowest BCUT2D eigenvalue weighted by atomic mass is 10.0. The number of carbonyl (C=O) groups is 1. The van der Waals surface area contributed by atoms with Crippen LogP contribution in [0.1, 0.15) is 30.6 Å². The number of benzene rings is 2. The standard InChI is InChI=1S/C29H23F5N6O3/c30-22-6-4-5-20(27(22)31)28-36-24-13-35-40(15-25(24)37-28)14-18-12-23(38-43-18)19-8-7-17(11-21(19)29(32,33)34)42-16-26(41)39-9-2-1-3-10-39/h4-8,11-13,15H,1-3,9-10,14,16H2/p+1. The number of rotatable bonds is 7. The van der Waals surface area contributed by atoms with Crippen molar-refractivity contribution in [1.82, 2.24) is 25.1 Å². The van der Waals surface area contributed by atoms with Crippen LogP contribution >= 0.6 is 0 Å². The zero-order chi connectivity index (χ0) is 30.1. The van der Waals surface area contributed by atoms with E-state index < -0.39 is 23.4 Å². The molecule has 43 heavy (non-hydrogen) atoms. The third-order valence-electron chi connectivity index (χ3n) is 7.09. The number of H-pyrrole nitrogens is 1. The molecule has 222 valence electrons. The van der Waals surface area contributed by atoms with E-state index in [0.29, 0.717) is 24.1 Å². The van der Waals surface area contributed by atoms with Gasteiger partial charge in [-0.1, -0.05) is 15.9 Å². The maximum absolute atomic E-state index is 14.2. The van der Waals surface area contributed by atoms with E-state index in [1.54, 1.807) is 11.1 Å². The van der Waals surface area contributed by atoms with Gasteiger partial charge in [0.2, 0.25) is 18.5 Å². The highest BCUT2D eigenvalue weighted by atomic mass is 19.4. The Kier molecular flexibility index (Phi) is 7.50. The summed E-state index contributed by atoms with van der Waals surface area (Å²) in [6.07, 6.45) is 1.04. The number of hydrogen-bond acceptors (Lipinski definition) is 6. The Labute approximate surface area is 240 Å². The number of carbonyl (C=O) groups excluding carboxylic acids is 1. The zero-order valence-electron chi connectivity index (χ0n) is 22.5. The predicted molar refractivity (Wildman–Crippen MR) is 141 cm³/mol. The van der Waals surface area contributed by atoms with E-state index in [1.807, 2.05) is 0 Å². The fourth-order valence-electron chi connectivity index (χ4n) is 4.93. The summed E-state index contributed by atoms with van der Waals surface area (Å²) in [7, 11) is 0. The minimum Gasteiger partial charge on any atom is -0.484 e. The van der Waals surface area contributed by atoms with Crippen LogP contribution in [0.15, 0.2) is 59.4 Å². The first-order valence-corrected chi connectivity index (χ1v) is 13.4. The molecule has 0 saturated carbocycles. The highest BCUT2D eigenvalue weighted by Gasteiger charge is 2.35. The van der Waals surface area contributed by atoms with Gasteiger partial charge in [-0.3, -0.25) is 4.79 Å². The van der Waals surface area contributed by atoms with Gasteiger partial charge in [0.15, 0.2) is 18.2 Å². The Hall–Kier alpha value is -4.88. The van der Waals surface area contributed by atoms with Crippen molar-refractivity contribution in [1.29, 1.82) is 0 Å². The number of fused-ring (bicyclic) bond motifs is 1. The van der Waals surface area contributed by atoms with Crippen LogP contribution in [-0.2, 0) is 17.5 Å². The van der Waals surface area contributed by atoms with E-state index in [0.717, 1.165) is 31.4 Å². The van der Waals surface area contributed by atoms with E-state index in [2.05, 4.69) is 20.2 Å². The number of halogens is 5. The molecule has 0 unspecified atom stereocenters.